The fourth-order valence-electron chi connectivity index (χ4n) is 1.63. The Balaban J connectivity index is 2.22. The maximum Gasteiger partial charge on any atom is 0.167 e. The zero-order chi connectivity index (χ0) is 13.1. The third-order valence-corrected chi connectivity index (χ3v) is 2.79. The van der Waals surface area contributed by atoms with E-state index in [1.54, 1.807) is 37.5 Å². The number of hydrogen-bond acceptors (Lipinski definition) is 3. The van der Waals surface area contributed by atoms with Crippen LogP contribution in [0.4, 0.5) is 10.1 Å². The molecule has 18 heavy (non-hydrogen) atoms. The van der Waals surface area contributed by atoms with E-state index in [-0.39, 0.29) is 18.0 Å². The lowest BCUT2D eigenvalue weighted by Crippen LogP contribution is -2.07. The number of ketones is 1. The summed E-state index contributed by atoms with van der Waals surface area (Å²) in [5.41, 5.74) is 7.78. The molecule has 4 heteroatoms. The van der Waals surface area contributed by atoms with Crippen LogP contribution in [0.1, 0.15) is 21.5 Å². The lowest BCUT2D eigenvalue weighted by Gasteiger charge is -2.05. The molecule has 0 radical (unpaired) electrons. The van der Waals surface area contributed by atoms with Gasteiger partial charge >= 0.3 is 0 Å². The minimum Gasteiger partial charge on any atom is -0.398 e. The molecule has 0 unspecified atom stereocenters. The molecule has 0 atom stereocenters. The van der Waals surface area contributed by atoms with Crippen LogP contribution in [0.2, 0.25) is 0 Å². The average molecular weight is 244 g/mol. The molecule has 2 N–H and O–H groups in total. The number of aromatic nitrogens is 1. The van der Waals surface area contributed by atoms with Crippen molar-refractivity contribution >= 4 is 11.5 Å². The van der Waals surface area contributed by atoms with E-state index in [1.807, 2.05) is 0 Å². The second kappa shape index (κ2) is 4.96. The molecule has 0 amide bonds. The molecule has 0 fully saturated rings. The summed E-state index contributed by atoms with van der Waals surface area (Å²) in [5.74, 6) is -0.548. The van der Waals surface area contributed by atoms with Crippen LogP contribution in [0.5, 0.6) is 0 Å². The van der Waals surface area contributed by atoms with Gasteiger partial charge in [-0.25, -0.2) is 4.39 Å². The van der Waals surface area contributed by atoms with Crippen molar-refractivity contribution in [3.8, 4) is 0 Å². The van der Waals surface area contributed by atoms with E-state index in [0.717, 1.165) is 0 Å². The van der Waals surface area contributed by atoms with E-state index in [1.165, 1.54) is 6.07 Å². The van der Waals surface area contributed by atoms with Crippen LogP contribution < -0.4 is 5.73 Å². The van der Waals surface area contributed by atoms with Gasteiger partial charge in [-0.05, 0) is 24.6 Å². The number of rotatable bonds is 3. The van der Waals surface area contributed by atoms with Crippen molar-refractivity contribution in [1.82, 2.24) is 4.98 Å². The number of nitrogens with zero attached hydrogens (tertiary/aromatic N) is 1. The smallest absolute Gasteiger partial charge is 0.167 e. The fraction of sp³-hybridized carbons (Fsp3) is 0.143. The fourth-order valence-corrected chi connectivity index (χ4v) is 1.63. The Labute approximate surface area is 104 Å². The van der Waals surface area contributed by atoms with Gasteiger partial charge in [-0.2, -0.15) is 0 Å². The van der Waals surface area contributed by atoms with Crippen LogP contribution in [0, 0.1) is 12.7 Å². The maximum atomic E-state index is 13.4. The quantitative estimate of drug-likeness (QED) is 0.844. The highest BCUT2D eigenvalue weighted by Crippen LogP contribution is 2.15. The summed E-state index contributed by atoms with van der Waals surface area (Å²) in [7, 11) is 0. The van der Waals surface area contributed by atoms with Gasteiger partial charge in [0, 0.05) is 35.6 Å². The molecule has 3 nitrogen and oxygen atoms in total. The molecule has 2 aromatic rings. The zero-order valence-electron chi connectivity index (χ0n) is 9.98. The van der Waals surface area contributed by atoms with Gasteiger partial charge < -0.3 is 5.73 Å². The number of nitrogen functional groups attached to an aromatic ring is 1. The summed E-state index contributed by atoms with van der Waals surface area (Å²) in [5, 5.41) is 0. The summed E-state index contributed by atoms with van der Waals surface area (Å²) in [6.45, 7) is 1.66. The average Bonchev–Trinajstić information content (AvgIpc) is 2.35. The van der Waals surface area contributed by atoms with Gasteiger partial charge in [-0.1, -0.05) is 12.1 Å². The van der Waals surface area contributed by atoms with Gasteiger partial charge in [0.15, 0.2) is 5.78 Å². The van der Waals surface area contributed by atoms with Crippen LogP contribution in [0.25, 0.3) is 0 Å². The predicted molar refractivity (Wildman–Crippen MR) is 67.8 cm³/mol. The molecule has 0 aliphatic carbocycles. The Morgan fingerprint density at radius 1 is 1.39 bits per heavy atom. The summed E-state index contributed by atoms with van der Waals surface area (Å²) in [6, 6.07) is 6.10. The molecular weight excluding hydrogens is 231 g/mol. The lowest BCUT2D eigenvalue weighted by molar-refractivity contribution is 0.0992. The highest BCUT2D eigenvalue weighted by molar-refractivity contribution is 5.98. The van der Waals surface area contributed by atoms with Gasteiger partial charge in [0.1, 0.15) is 5.82 Å². The molecular formula is C14H13FN2O. The van der Waals surface area contributed by atoms with E-state index >= 15 is 0 Å². The van der Waals surface area contributed by atoms with E-state index in [0.29, 0.717) is 22.4 Å². The van der Waals surface area contributed by atoms with E-state index in [9.17, 15) is 9.18 Å². The number of nitrogens with two attached hydrogens (primary N) is 1. The monoisotopic (exact) mass is 244 g/mol. The maximum absolute atomic E-state index is 13.4. The number of Topliss-reactive ketones (excluding diaryl/α,β-unsaturated/α-hetero) is 1. The van der Waals surface area contributed by atoms with Crippen molar-refractivity contribution < 1.29 is 9.18 Å². The first-order valence-corrected chi connectivity index (χ1v) is 5.55. The minimum atomic E-state index is -0.375. The number of carbonyl (C=O) groups is 1. The molecule has 0 bridgehead atoms. The standard InChI is InChI=1S/C14H13FN2O/c1-9-2-3-10(6-12(9)15)14(18)7-11-8-17-5-4-13(11)16/h2-6,8H,7H2,1H3,(H2,16,17). The topological polar surface area (TPSA) is 56.0 Å². The Morgan fingerprint density at radius 3 is 2.83 bits per heavy atom. The Morgan fingerprint density at radius 2 is 2.17 bits per heavy atom. The Hall–Kier alpha value is -2.23. The van der Waals surface area contributed by atoms with Crippen molar-refractivity contribution in [3.05, 3.63) is 59.2 Å². The number of aryl methyl sites for hydroxylation is 1. The van der Waals surface area contributed by atoms with Crippen molar-refractivity contribution in [3.63, 3.8) is 0 Å². The first-order chi connectivity index (χ1) is 8.58. The summed E-state index contributed by atoms with van der Waals surface area (Å²) in [6.07, 6.45) is 3.24. The number of carbonyl (C=O) groups excluding carboxylic acids is 1. The molecule has 1 aromatic carbocycles. The van der Waals surface area contributed by atoms with Crippen LogP contribution in [0.15, 0.2) is 36.7 Å². The molecule has 0 aliphatic heterocycles. The summed E-state index contributed by atoms with van der Waals surface area (Å²) >= 11 is 0. The highest BCUT2D eigenvalue weighted by Gasteiger charge is 2.11. The van der Waals surface area contributed by atoms with Gasteiger partial charge in [0.05, 0.1) is 0 Å². The largest absolute Gasteiger partial charge is 0.398 e. The summed E-state index contributed by atoms with van der Waals surface area (Å²) < 4.78 is 13.4. The first kappa shape index (κ1) is 12.2. The first-order valence-electron chi connectivity index (χ1n) is 5.55. The van der Waals surface area contributed by atoms with Gasteiger partial charge in [0.25, 0.3) is 0 Å². The number of halogens is 1. The van der Waals surface area contributed by atoms with Crippen molar-refractivity contribution in [2.45, 2.75) is 13.3 Å². The van der Waals surface area contributed by atoms with E-state index in [4.69, 9.17) is 5.73 Å². The normalized spacial score (nSPS) is 10.3. The van der Waals surface area contributed by atoms with Crippen molar-refractivity contribution in [1.29, 1.82) is 0 Å². The van der Waals surface area contributed by atoms with E-state index < -0.39 is 0 Å². The molecule has 1 aromatic heterocycles. The number of benzene rings is 1. The molecule has 0 saturated carbocycles. The summed E-state index contributed by atoms with van der Waals surface area (Å²) in [4.78, 5) is 15.9. The second-order valence-corrected chi connectivity index (χ2v) is 4.14. The molecule has 0 aliphatic rings. The van der Waals surface area contributed by atoms with E-state index in [2.05, 4.69) is 4.98 Å². The van der Waals surface area contributed by atoms with Crippen molar-refractivity contribution in [2.24, 2.45) is 0 Å². The second-order valence-electron chi connectivity index (χ2n) is 4.14. The highest BCUT2D eigenvalue weighted by atomic mass is 19.1. The zero-order valence-corrected chi connectivity index (χ0v) is 9.98. The molecule has 0 saturated heterocycles. The molecule has 2 rings (SSSR count). The Kier molecular flexibility index (Phi) is 3.37. The molecule has 1 heterocycles. The van der Waals surface area contributed by atoms with Gasteiger partial charge in [0.2, 0.25) is 0 Å². The van der Waals surface area contributed by atoms with Crippen molar-refractivity contribution in [2.75, 3.05) is 5.73 Å². The third kappa shape index (κ3) is 2.53. The predicted octanol–water partition coefficient (Wildman–Crippen LogP) is 2.54. The molecule has 0 spiro atoms. The van der Waals surface area contributed by atoms with Gasteiger partial charge in [-0.3, -0.25) is 9.78 Å². The minimum absolute atomic E-state index is 0.127. The van der Waals surface area contributed by atoms with Crippen LogP contribution in [-0.2, 0) is 6.42 Å². The van der Waals surface area contributed by atoms with Crippen LogP contribution >= 0.6 is 0 Å². The number of pyridine rings is 1. The number of hydrogen-bond donors (Lipinski definition) is 1. The van der Waals surface area contributed by atoms with Crippen LogP contribution in [0.3, 0.4) is 0 Å². The SMILES string of the molecule is Cc1ccc(C(=O)Cc2cnccc2N)cc1F. The van der Waals surface area contributed by atoms with Crippen LogP contribution in [-0.4, -0.2) is 10.8 Å². The Bertz CT molecular complexity index is 596. The number of anilines is 1. The molecule has 92 valence electrons. The van der Waals surface area contributed by atoms with Gasteiger partial charge in [-0.15, -0.1) is 0 Å². The lowest BCUT2D eigenvalue weighted by atomic mass is 10.0. The third-order valence-electron chi connectivity index (χ3n) is 2.79.